The lowest BCUT2D eigenvalue weighted by atomic mass is 10.00. The molecule has 0 saturated carbocycles. The van der Waals surface area contributed by atoms with Crippen LogP contribution in [-0.4, -0.2) is 34.9 Å². The van der Waals surface area contributed by atoms with Crippen molar-refractivity contribution < 1.29 is 9.59 Å². The number of aromatic nitrogens is 1. The fraction of sp³-hybridized carbons (Fsp3) is 0.278. The van der Waals surface area contributed by atoms with Crippen molar-refractivity contribution in [2.45, 2.75) is 19.5 Å². The van der Waals surface area contributed by atoms with Gasteiger partial charge in [-0.1, -0.05) is 30.3 Å². The van der Waals surface area contributed by atoms with Gasteiger partial charge in [0.1, 0.15) is 0 Å². The average Bonchev–Trinajstić information content (AvgIpc) is 2.65. The van der Waals surface area contributed by atoms with Crippen LogP contribution in [0.3, 0.4) is 0 Å². The molecular formula is C18H20N4O2. The Morgan fingerprint density at radius 1 is 1.08 bits per heavy atom. The predicted octanol–water partition coefficient (Wildman–Crippen LogP) is 1.47. The molecule has 0 aliphatic carbocycles. The molecule has 0 fully saturated rings. The number of hydrogen-bond acceptors (Lipinski definition) is 3. The molecule has 3 rings (SSSR count). The second kappa shape index (κ2) is 7.59. The van der Waals surface area contributed by atoms with Crippen LogP contribution in [0.4, 0.5) is 4.79 Å². The summed E-state index contributed by atoms with van der Waals surface area (Å²) in [5.74, 6) is -0.0685. The second-order valence-corrected chi connectivity index (χ2v) is 5.73. The number of rotatable bonds is 4. The molecule has 0 atom stereocenters. The van der Waals surface area contributed by atoms with E-state index >= 15 is 0 Å². The summed E-state index contributed by atoms with van der Waals surface area (Å²) in [6.07, 6.45) is 4.23. The molecule has 0 bridgehead atoms. The Kier molecular flexibility index (Phi) is 5.05. The molecule has 0 unspecified atom stereocenters. The van der Waals surface area contributed by atoms with Gasteiger partial charge < -0.3 is 15.5 Å². The number of urea groups is 1. The Hall–Kier alpha value is -2.89. The van der Waals surface area contributed by atoms with Gasteiger partial charge in [0.15, 0.2) is 0 Å². The highest BCUT2D eigenvalue weighted by Crippen LogP contribution is 2.18. The minimum atomic E-state index is -0.357. The molecular weight excluding hydrogens is 304 g/mol. The third-order valence-electron chi connectivity index (χ3n) is 4.06. The topological polar surface area (TPSA) is 74.3 Å². The smallest absolute Gasteiger partial charge is 0.315 e. The maximum atomic E-state index is 12.3. The average molecular weight is 324 g/mol. The van der Waals surface area contributed by atoms with Gasteiger partial charge in [0.2, 0.25) is 5.91 Å². The number of carbonyl (C=O) groups excluding carboxylic acids is 2. The number of fused-ring (bicyclic) bond motifs is 1. The number of pyridine rings is 1. The first-order valence-electron chi connectivity index (χ1n) is 7.97. The van der Waals surface area contributed by atoms with E-state index < -0.39 is 0 Å². The van der Waals surface area contributed by atoms with E-state index in [9.17, 15) is 9.59 Å². The molecule has 1 aromatic carbocycles. The number of carbonyl (C=O) groups is 2. The van der Waals surface area contributed by atoms with Crippen LogP contribution in [0.2, 0.25) is 0 Å². The molecule has 0 spiro atoms. The summed E-state index contributed by atoms with van der Waals surface area (Å²) in [6.45, 7) is 1.68. The maximum Gasteiger partial charge on any atom is 0.315 e. The quantitative estimate of drug-likeness (QED) is 0.894. The third-order valence-corrected chi connectivity index (χ3v) is 4.06. The van der Waals surface area contributed by atoms with E-state index in [4.69, 9.17) is 0 Å². The van der Waals surface area contributed by atoms with Gasteiger partial charge in [-0.3, -0.25) is 9.78 Å². The number of nitrogens with zero attached hydrogens (tertiary/aromatic N) is 2. The van der Waals surface area contributed by atoms with E-state index in [0.717, 1.165) is 12.0 Å². The monoisotopic (exact) mass is 324 g/mol. The Morgan fingerprint density at radius 2 is 1.92 bits per heavy atom. The van der Waals surface area contributed by atoms with E-state index in [1.165, 1.54) is 11.1 Å². The molecule has 1 aromatic heterocycles. The lowest BCUT2D eigenvalue weighted by molar-refractivity contribution is -0.130. The molecule has 124 valence electrons. The molecule has 0 radical (unpaired) electrons. The zero-order valence-corrected chi connectivity index (χ0v) is 13.4. The van der Waals surface area contributed by atoms with Gasteiger partial charge in [0, 0.05) is 32.0 Å². The lowest BCUT2D eigenvalue weighted by Crippen LogP contribution is -2.45. The van der Waals surface area contributed by atoms with Gasteiger partial charge in [0.05, 0.1) is 6.54 Å². The van der Waals surface area contributed by atoms with Gasteiger partial charge in [0.25, 0.3) is 0 Å². The van der Waals surface area contributed by atoms with Crippen LogP contribution < -0.4 is 10.6 Å². The summed E-state index contributed by atoms with van der Waals surface area (Å²) in [5.41, 5.74) is 3.38. The number of benzene rings is 1. The van der Waals surface area contributed by atoms with Gasteiger partial charge in [-0.25, -0.2) is 4.79 Å². The van der Waals surface area contributed by atoms with Crippen LogP contribution in [-0.2, 0) is 24.3 Å². The molecule has 2 N–H and O–H groups in total. The minimum Gasteiger partial charge on any atom is -0.336 e. The van der Waals surface area contributed by atoms with Crippen molar-refractivity contribution in [1.82, 2.24) is 20.5 Å². The highest BCUT2D eigenvalue weighted by molar-refractivity contribution is 5.84. The molecule has 6 nitrogen and oxygen atoms in total. The van der Waals surface area contributed by atoms with E-state index in [1.54, 1.807) is 17.3 Å². The summed E-state index contributed by atoms with van der Waals surface area (Å²) >= 11 is 0. The van der Waals surface area contributed by atoms with Crippen LogP contribution in [0.1, 0.15) is 16.7 Å². The summed E-state index contributed by atoms with van der Waals surface area (Å²) < 4.78 is 0. The van der Waals surface area contributed by atoms with Gasteiger partial charge in [-0.2, -0.15) is 0 Å². The van der Waals surface area contributed by atoms with Crippen molar-refractivity contribution in [1.29, 1.82) is 0 Å². The van der Waals surface area contributed by atoms with Crippen LogP contribution >= 0.6 is 0 Å². The zero-order chi connectivity index (χ0) is 16.8. The normalized spacial score (nSPS) is 13.1. The Bertz CT molecular complexity index is 718. The van der Waals surface area contributed by atoms with E-state index in [-0.39, 0.29) is 18.5 Å². The van der Waals surface area contributed by atoms with Crippen molar-refractivity contribution in [3.05, 3.63) is 65.5 Å². The zero-order valence-electron chi connectivity index (χ0n) is 13.4. The van der Waals surface area contributed by atoms with Crippen molar-refractivity contribution in [2.24, 2.45) is 0 Å². The first-order chi connectivity index (χ1) is 11.7. The fourth-order valence-corrected chi connectivity index (χ4v) is 2.72. The molecule has 2 aromatic rings. The van der Waals surface area contributed by atoms with Crippen molar-refractivity contribution >= 4 is 11.9 Å². The Labute approximate surface area is 140 Å². The standard InChI is InChI=1S/C18H20N4O2/c23-17(22-9-7-15-5-1-2-6-16(15)13-22)12-21-18(24)20-11-14-4-3-8-19-10-14/h1-6,8,10H,7,9,11-13H2,(H2,20,21,24). The van der Waals surface area contributed by atoms with Crippen LogP contribution in [0.15, 0.2) is 48.8 Å². The van der Waals surface area contributed by atoms with Crippen molar-refractivity contribution in [3.63, 3.8) is 0 Å². The van der Waals surface area contributed by atoms with E-state index in [1.807, 2.05) is 30.3 Å². The van der Waals surface area contributed by atoms with Crippen molar-refractivity contribution in [2.75, 3.05) is 13.1 Å². The molecule has 2 heterocycles. The SMILES string of the molecule is O=C(NCC(=O)N1CCc2ccccc2C1)NCc1cccnc1. The summed E-state index contributed by atoms with van der Waals surface area (Å²) in [4.78, 5) is 29.8. The van der Waals surface area contributed by atoms with Crippen molar-refractivity contribution in [3.8, 4) is 0 Å². The molecule has 24 heavy (non-hydrogen) atoms. The highest BCUT2D eigenvalue weighted by atomic mass is 16.2. The number of nitrogens with one attached hydrogen (secondary N) is 2. The van der Waals surface area contributed by atoms with E-state index in [0.29, 0.717) is 19.6 Å². The Morgan fingerprint density at radius 3 is 2.71 bits per heavy atom. The van der Waals surface area contributed by atoms with Crippen LogP contribution in [0, 0.1) is 0 Å². The minimum absolute atomic E-state index is 0.00103. The molecule has 3 amide bonds. The first kappa shape index (κ1) is 16.0. The molecule has 1 aliphatic heterocycles. The fourth-order valence-electron chi connectivity index (χ4n) is 2.72. The summed E-state index contributed by atoms with van der Waals surface area (Å²) in [5, 5.41) is 5.32. The van der Waals surface area contributed by atoms with Crippen LogP contribution in [0.5, 0.6) is 0 Å². The van der Waals surface area contributed by atoms with Crippen LogP contribution in [0.25, 0.3) is 0 Å². The molecule has 1 aliphatic rings. The van der Waals surface area contributed by atoms with Gasteiger partial charge in [-0.15, -0.1) is 0 Å². The summed E-state index contributed by atoms with van der Waals surface area (Å²) in [7, 11) is 0. The second-order valence-electron chi connectivity index (χ2n) is 5.73. The third kappa shape index (κ3) is 4.10. The van der Waals surface area contributed by atoms with Gasteiger partial charge in [-0.05, 0) is 29.2 Å². The molecule has 0 saturated heterocycles. The lowest BCUT2D eigenvalue weighted by Gasteiger charge is -2.29. The first-order valence-corrected chi connectivity index (χ1v) is 7.97. The van der Waals surface area contributed by atoms with E-state index in [2.05, 4.69) is 21.7 Å². The predicted molar refractivity (Wildman–Crippen MR) is 90.0 cm³/mol. The molecule has 6 heteroatoms. The maximum absolute atomic E-state index is 12.3. The highest BCUT2D eigenvalue weighted by Gasteiger charge is 2.20. The summed E-state index contributed by atoms with van der Waals surface area (Å²) in [6, 6.07) is 11.5. The Balaban J connectivity index is 1.43. The number of hydrogen-bond donors (Lipinski definition) is 2. The number of amides is 3. The largest absolute Gasteiger partial charge is 0.336 e. The van der Waals surface area contributed by atoms with Gasteiger partial charge >= 0.3 is 6.03 Å².